The van der Waals surface area contributed by atoms with Gasteiger partial charge in [0.05, 0.1) is 11.7 Å². The van der Waals surface area contributed by atoms with Gasteiger partial charge in [-0.1, -0.05) is 0 Å². The minimum Gasteiger partial charge on any atom is -0.430 e. The summed E-state index contributed by atoms with van der Waals surface area (Å²) < 4.78 is 9.62. The molecule has 0 aliphatic rings. The maximum Gasteiger partial charge on any atom is 0.298 e. The molecule has 1 aromatic carbocycles. The van der Waals surface area contributed by atoms with Crippen LogP contribution in [0.5, 0.6) is 10.9 Å². The fourth-order valence-electron chi connectivity index (χ4n) is 1.40. The third-order valence-corrected chi connectivity index (χ3v) is 2.81. The van der Waals surface area contributed by atoms with Crippen LogP contribution in [0.2, 0.25) is 0 Å². The summed E-state index contributed by atoms with van der Waals surface area (Å²) in [7, 11) is 0. The highest BCUT2D eigenvalue weighted by Crippen LogP contribution is 2.25. The van der Waals surface area contributed by atoms with Crippen LogP contribution in [0.3, 0.4) is 0 Å². The number of hydrogen-bond acceptors (Lipinski definition) is 5. The maximum absolute atomic E-state index is 5.57. The van der Waals surface area contributed by atoms with Gasteiger partial charge in [-0.2, -0.15) is 14.5 Å². The highest BCUT2D eigenvalue weighted by molar-refractivity contribution is 7.07. The molecule has 0 bridgehead atoms. The van der Waals surface area contributed by atoms with Crippen molar-refractivity contribution < 1.29 is 4.74 Å². The van der Waals surface area contributed by atoms with Crippen LogP contribution in [-0.2, 0) is 0 Å². The predicted molar refractivity (Wildman–Crippen MR) is 60.8 cm³/mol. The number of H-pyrrole nitrogens is 1. The molecule has 0 fully saturated rings. The molecule has 0 unspecified atom stereocenters. The molecule has 80 valence electrons. The molecule has 0 radical (unpaired) electrons. The molecule has 5 nitrogen and oxygen atoms in total. The maximum atomic E-state index is 5.57. The lowest BCUT2D eigenvalue weighted by atomic mass is 10.2. The second-order valence-corrected chi connectivity index (χ2v) is 4.04. The van der Waals surface area contributed by atoms with E-state index in [4.69, 9.17) is 4.74 Å². The quantitative estimate of drug-likeness (QED) is 0.737. The number of aromatic amines is 1. The molecule has 0 aliphatic carbocycles. The van der Waals surface area contributed by atoms with Crippen LogP contribution in [0, 0.1) is 6.92 Å². The van der Waals surface area contributed by atoms with Crippen molar-refractivity contribution in [3.63, 3.8) is 0 Å². The Hall–Kier alpha value is -1.95. The van der Waals surface area contributed by atoms with E-state index in [1.807, 2.05) is 25.1 Å². The van der Waals surface area contributed by atoms with Gasteiger partial charge < -0.3 is 4.74 Å². The van der Waals surface area contributed by atoms with E-state index in [2.05, 4.69) is 19.6 Å². The van der Waals surface area contributed by atoms with Crippen LogP contribution in [0.1, 0.15) is 5.82 Å². The topological polar surface area (TPSA) is 63.7 Å². The number of aromatic nitrogens is 4. The zero-order valence-electron chi connectivity index (χ0n) is 8.47. The lowest BCUT2D eigenvalue weighted by molar-refractivity contribution is 0.478. The van der Waals surface area contributed by atoms with E-state index in [0.717, 1.165) is 22.5 Å². The Labute approximate surface area is 95.3 Å². The molecule has 3 rings (SSSR count). The van der Waals surface area contributed by atoms with Crippen molar-refractivity contribution in [2.45, 2.75) is 6.92 Å². The van der Waals surface area contributed by atoms with Gasteiger partial charge in [-0.05, 0) is 19.1 Å². The summed E-state index contributed by atoms with van der Waals surface area (Å²) in [5.41, 5.74) is 0.943. The van der Waals surface area contributed by atoms with Gasteiger partial charge in [-0.15, -0.1) is 0 Å². The van der Waals surface area contributed by atoms with E-state index < -0.39 is 0 Å². The van der Waals surface area contributed by atoms with Crippen molar-refractivity contribution in [1.82, 2.24) is 19.6 Å². The summed E-state index contributed by atoms with van der Waals surface area (Å²) in [5, 5.41) is 8.44. The second-order valence-electron chi connectivity index (χ2n) is 3.33. The summed E-state index contributed by atoms with van der Waals surface area (Å²) in [6.45, 7) is 1.83. The first kappa shape index (κ1) is 9.29. The largest absolute Gasteiger partial charge is 0.430 e. The van der Waals surface area contributed by atoms with Crippen LogP contribution in [0.25, 0.3) is 10.9 Å². The first-order valence-corrected chi connectivity index (χ1v) is 5.50. The molecule has 0 saturated carbocycles. The SMILES string of the molecule is Cc1nsc(Oc2ccc3cn[nH]c3c2)n1. The van der Waals surface area contributed by atoms with Crippen LogP contribution in [0.4, 0.5) is 0 Å². The van der Waals surface area contributed by atoms with Crippen molar-refractivity contribution in [3.05, 3.63) is 30.2 Å². The Morgan fingerprint density at radius 3 is 3.12 bits per heavy atom. The fraction of sp³-hybridized carbons (Fsp3) is 0.100. The number of benzene rings is 1. The van der Waals surface area contributed by atoms with Crippen LogP contribution < -0.4 is 4.74 Å². The van der Waals surface area contributed by atoms with Crippen LogP contribution >= 0.6 is 11.5 Å². The average Bonchev–Trinajstić information content (AvgIpc) is 2.87. The molecule has 16 heavy (non-hydrogen) atoms. The van der Waals surface area contributed by atoms with Gasteiger partial charge >= 0.3 is 0 Å². The number of nitrogens with zero attached hydrogens (tertiary/aromatic N) is 3. The Bertz CT molecular complexity index is 630. The average molecular weight is 232 g/mol. The number of hydrogen-bond donors (Lipinski definition) is 1. The molecule has 3 aromatic rings. The Kier molecular flexibility index (Phi) is 2.07. The van der Waals surface area contributed by atoms with Gasteiger partial charge in [0.1, 0.15) is 11.6 Å². The predicted octanol–water partition coefficient (Wildman–Crippen LogP) is 2.52. The standard InChI is InChI=1S/C10H8N4OS/c1-6-12-10(16-14-6)15-8-3-2-7-5-11-13-9(7)4-8/h2-5H,1H3,(H,11,13). The molecule has 6 heteroatoms. The summed E-state index contributed by atoms with van der Waals surface area (Å²) in [6, 6.07) is 5.72. The molecular formula is C10H8N4OS. The highest BCUT2D eigenvalue weighted by atomic mass is 32.1. The molecule has 2 aromatic heterocycles. The lowest BCUT2D eigenvalue weighted by Crippen LogP contribution is -1.83. The zero-order valence-corrected chi connectivity index (χ0v) is 9.28. The number of nitrogens with one attached hydrogen (secondary N) is 1. The van der Waals surface area contributed by atoms with Crippen molar-refractivity contribution in [3.8, 4) is 10.9 Å². The fourth-order valence-corrected chi connectivity index (χ4v) is 1.96. The molecule has 0 saturated heterocycles. The van der Waals surface area contributed by atoms with E-state index >= 15 is 0 Å². The van der Waals surface area contributed by atoms with Gasteiger partial charge in [-0.3, -0.25) is 5.10 Å². The van der Waals surface area contributed by atoms with Gasteiger partial charge in [0.15, 0.2) is 0 Å². The first-order valence-electron chi connectivity index (χ1n) is 4.72. The number of fused-ring (bicyclic) bond motifs is 1. The van der Waals surface area contributed by atoms with Crippen molar-refractivity contribution in [1.29, 1.82) is 0 Å². The number of ether oxygens (including phenoxy) is 1. The summed E-state index contributed by atoms with van der Waals surface area (Å²) in [6.07, 6.45) is 1.77. The van der Waals surface area contributed by atoms with E-state index in [1.54, 1.807) is 6.20 Å². The zero-order chi connectivity index (χ0) is 11.0. The Morgan fingerprint density at radius 1 is 1.38 bits per heavy atom. The Morgan fingerprint density at radius 2 is 2.31 bits per heavy atom. The van der Waals surface area contributed by atoms with Gasteiger partial charge in [0.2, 0.25) is 0 Å². The van der Waals surface area contributed by atoms with E-state index in [-0.39, 0.29) is 0 Å². The molecule has 0 spiro atoms. The molecule has 0 atom stereocenters. The molecular weight excluding hydrogens is 224 g/mol. The molecule has 0 aliphatic heterocycles. The monoisotopic (exact) mass is 232 g/mol. The van der Waals surface area contributed by atoms with Crippen LogP contribution in [0.15, 0.2) is 24.4 Å². The van der Waals surface area contributed by atoms with Gasteiger partial charge in [-0.25, -0.2) is 0 Å². The summed E-state index contributed by atoms with van der Waals surface area (Å²) >= 11 is 1.24. The third kappa shape index (κ3) is 1.63. The lowest BCUT2D eigenvalue weighted by Gasteiger charge is -1.99. The van der Waals surface area contributed by atoms with Crippen molar-refractivity contribution >= 4 is 22.4 Å². The minimum atomic E-state index is 0.552. The van der Waals surface area contributed by atoms with Crippen molar-refractivity contribution in [2.75, 3.05) is 0 Å². The van der Waals surface area contributed by atoms with Gasteiger partial charge in [0, 0.05) is 23.0 Å². The normalized spacial score (nSPS) is 10.8. The molecule has 0 amide bonds. The van der Waals surface area contributed by atoms with Crippen molar-refractivity contribution in [2.24, 2.45) is 0 Å². The molecule has 1 N–H and O–H groups in total. The van der Waals surface area contributed by atoms with E-state index in [1.165, 1.54) is 11.5 Å². The smallest absolute Gasteiger partial charge is 0.298 e. The van der Waals surface area contributed by atoms with E-state index in [9.17, 15) is 0 Å². The van der Waals surface area contributed by atoms with E-state index in [0.29, 0.717) is 5.19 Å². The third-order valence-electron chi connectivity index (χ3n) is 2.13. The molecule has 2 heterocycles. The first-order chi connectivity index (χ1) is 7.81. The Balaban J connectivity index is 1.94. The highest BCUT2D eigenvalue weighted by Gasteiger charge is 2.04. The number of rotatable bonds is 2. The second kappa shape index (κ2) is 3.57. The van der Waals surface area contributed by atoms with Crippen LogP contribution in [-0.4, -0.2) is 19.6 Å². The minimum absolute atomic E-state index is 0.552. The van der Waals surface area contributed by atoms with Gasteiger partial charge in [0.25, 0.3) is 5.19 Å². The summed E-state index contributed by atoms with van der Waals surface area (Å²) in [5.74, 6) is 1.45. The number of aryl methyl sites for hydroxylation is 1. The summed E-state index contributed by atoms with van der Waals surface area (Å²) in [4.78, 5) is 4.13.